The topological polar surface area (TPSA) is 44.5 Å². The Morgan fingerprint density at radius 2 is 2.19 bits per heavy atom. The number of benzene rings is 1. The lowest BCUT2D eigenvalue weighted by atomic mass is 9.64. The van der Waals surface area contributed by atoms with Crippen LogP contribution in [0.1, 0.15) is 37.7 Å². The summed E-state index contributed by atoms with van der Waals surface area (Å²) in [5.41, 5.74) is 7.45. The SMILES string of the molecule is COc1cccc(C2(CN)CCC2)c1OC1CCCSC1. The predicted molar refractivity (Wildman–Crippen MR) is 88.6 cm³/mol. The third-order valence-corrected chi connectivity index (χ3v) is 6.06. The van der Waals surface area contributed by atoms with Crippen molar-refractivity contribution >= 4 is 11.8 Å². The molecule has 2 fully saturated rings. The van der Waals surface area contributed by atoms with Crippen LogP contribution in [0.3, 0.4) is 0 Å². The average Bonchev–Trinajstić information content (AvgIpc) is 2.49. The van der Waals surface area contributed by atoms with Crippen LogP contribution in [0, 0.1) is 0 Å². The summed E-state index contributed by atoms with van der Waals surface area (Å²) >= 11 is 1.98. The van der Waals surface area contributed by atoms with Crippen LogP contribution in [0.5, 0.6) is 11.5 Å². The lowest BCUT2D eigenvalue weighted by Crippen LogP contribution is -2.42. The molecule has 0 aromatic heterocycles. The maximum absolute atomic E-state index is 6.39. The summed E-state index contributed by atoms with van der Waals surface area (Å²) < 4.78 is 12.0. The number of thioether (sulfide) groups is 1. The first-order valence-electron chi connectivity index (χ1n) is 7.91. The normalized spacial score (nSPS) is 24.2. The molecule has 1 aromatic rings. The molecule has 3 nitrogen and oxygen atoms in total. The van der Waals surface area contributed by atoms with E-state index in [1.165, 1.54) is 24.2 Å². The number of para-hydroxylation sites is 1. The van der Waals surface area contributed by atoms with Crippen molar-refractivity contribution in [3.8, 4) is 11.5 Å². The van der Waals surface area contributed by atoms with Crippen molar-refractivity contribution in [1.29, 1.82) is 0 Å². The summed E-state index contributed by atoms with van der Waals surface area (Å²) in [4.78, 5) is 0. The molecule has 0 amide bonds. The van der Waals surface area contributed by atoms with E-state index in [9.17, 15) is 0 Å². The van der Waals surface area contributed by atoms with Crippen LogP contribution < -0.4 is 15.2 Å². The molecule has 1 aliphatic heterocycles. The number of nitrogens with two attached hydrogens (primary N) is 1. The summed E-state index contributed by atoms with van der Waals surface area (Å²) in [5.74, 6) is 4.12. The van der Waals surface area contributed by atoms with Gasteiger partial charge >= 0.3 is 0 Å². The molecule has 1 atom stereocenters. The summed E-state index contributed by atoms with van der Waals surface area (Å²) in [6.07, 6.45) is 6.25. The zero-order valence-electron chi connectivity index (χ0n) is 12.8. The molecule has 3 rings (SSSR count). The zero-order chi connectivity index (χ0) is 14.7. The largest absolute Gasteiger partial charge is 0.493 e. The van der Waals surface area contributed by atoms with Crippen molar-refractivity contribution < 1.29 is 9.47 Å². The number of hydrogen-bond acceptors (Lipinski definition) is 4. The summed E-state index contributed by atoms with van der Waals surface area (Å²) in [7, 11) is 1.72. The van der Waals surface area contributed by atoms with Crippen molar-refractivity contribution in [2.45, 2.75) is 43.6 Å². The Morgan fingerprint density at radius 3 is 2.76 bits per heavy atom. The minimum absolute atomic E-state index is 0.103. The maximum Gasteiger partial charge on any atom is 0.165 e. The van der Waals surface area contributed by atoms with Crippen LogP contribution >= 0.6 is 11.8 Å². The second kappa shape index (κ2) is 6.49. The van der Waals surface area contributed by atoms with Crippen LogP contribution in [0.25, 0.3) is 0 Å². The second-order valence-corrected chi connectivity index (χ2v) is 7.28. The maximum atomic E-state index is 6.39. The third kappa shape index (κ3) is 2.88. The van der Waals surface area contributed by atoms with Gasteiger partial charge in [0, 0.05) is 23.3 Å². The molecular formula is C17H25NO2S. The van der Waals surface area contributed by atoms with Gasteiger partial charge in [0.05, 0.1) is 7.11 Å². The van der Waals surface area contributed by atoms with Gasteiger partial charge in [0.2, 0.25) is 0 Å². The second-order valence-electron chi connectivity index (χ2n) is 6.13. The van der Waals surface area contributed by atoms with Gasteiger partial charge in [-0.15, -0.1) is 0 Å². The predicted octanol–water partition coefficient (Wildman–Crippen LogP) is 3.35. The molecule has 116 valence electrons. The van der Waals surface area contributed by atoms with Gasteiger partial charge < -0.3 is 15.2 Å². The van der Waals surface area contributed by atoms with Gasteiger partial charge in [-0.3, -0.25) is 0 Å². The Bertz CT molecular complexity index is 476. The van der Waals surface area contributed by atoms with E-state index in [1.807, 2.05) is 17.8 Å². The van der Waals surface area contributed by atoms with Crippen molar-refractivity contribution in [2.75, 3.05) is 25.2 Å². The molecule has 0 radical (unpaired) electrons. The minimum Gasteiger partial charge on any atom is -0.493 e. The Balaban J connectivity index is 1.91. The third-order valence-electron chi connectivity index (χ3n) is 4.87. The van der Waals surface area contributed by atoms with Gasteiger partial charge in [0.15, 0.2) is 11.5 Å². The number of ether oxygens (including phenoxy) is 2. The standard InChI is InChI=1S/C17H25NO2S/c1-19-15-7-2-6-14(17(12-18)8-4-9-17)16(15)20-13-5-3-10-21-11-13/h2,6-7,13H,3-5,8-12,18H2,1H3. The number of rotatable bonds is 5. The molecule has 1 heterocycles. The fourth-order valence-corrected chi connectivity index (χ4v) is 4.41. The number of methoxy groups -OCH3 is 1. The fraction of sp³-hybridized carbons (Fsp3) is 0.647. The highest BCUT2D eigenvalue weighted by Crippen LogP contribution is 2.49. The lowest BCUT2D eigenvalue weighted by Gasteiger charge is -2.42. The molecule has 2 aliphatic rings. The van der Waals surface area contributed by atoms with E-state index < -0.39 is 0 Å². The molecule has 1 unspecified atom stereocenters. The molecule has 2 N–H and O–H groups in total. The fourth-order valence-electron chi connectivity index (χ4n) is 3.37. The van der Waals surface area contributed by atoms with Crippen molar-refractivity contribution in [1.82, 2.24) is 0 Å². The van der Waals surface area contributed by atoms with E-state index in [1.54, 1.807) is 7.11 Å². The van der Waals surface area contributed by atoms with Gasteiger partial charge in [-0.25, -0.2) is 0 Å². The average molecular weight is 307 g/mol. The molecule has 1 saturated carbocycles. The molecule has 4 heteroatoms. The van der Waals surface area contributed by atoms with Crippen molar-refractivity contribution in [3.63, 3.8) is 0 Å². The van der Waals surface area contributed by atoms with Gasteiger partial charge in [-0.2, -0.15) is 11.8 Å². The number of hydrogen-bond donors (Lipinski definition) is 1. The Kier molecular flexibility index (Phi) is 4.65. The van der Waals surface area contributed by atoms with E-state index in [4.69, 9.17) is 15.2 Å². The Labute approximate surface area is 131 Å². The summed E-state index contributed by atoms with van der Waals surface area (Å²) in [6.45, 7) is 0.690. The van der Waals surface area contributed by atoms with E-state index >= 15 is 0 Å². The van der Waals surface area contributed by atoms with Gasteiger partial charge in [-0.1, -0.05) is 18.6 Å². The van der Waals surface area contributed by atoms with E-state index in [0.29, 0.717) is 12.6 Å². The Morgan fingerprint density at radius 1 is 1.33 bits per heavy atom. The van der Waals surface area contributed by atoms with Crippen molar-refractivity contribution in [3.05, 3.63) is 23.8 Å². The van der Waals surface area contributed by atoms with Gasteiger partial charge in [-0.05, 0) is 37.5 Å². The Hall–Kier alpha value is -0.870. The molecular weight excluding hydrogens is 282 g/mol. The van der Waals surface area contributed by atoms with E-state index in [2.05, 4.69) is 12.1 Å². The molecule has 21 heavy (non-hydrogen) atoms. The molecule has 1 aromatic carbocycles. The smallest absolute Gasteiger partial charge is 0.165 e. The van der Waals surface area contributed by atoms with Crippen LogP contribution in [0.15, 0.2) is 18.2 Å². The molecule has 0 spiro atoms. The molecule has 1 saturated heterocycles. The van der Waals surface area contributed by atoms with E-state index in [0.717, 1.165) is 36.5 Å². The van der Waals surface area contributed by atoms with Gasteiger partial charge in [0.1, 0.15) is 6.10 Å². The van der Waals surface area contributed by atoms with Crippen molar-refractivity contribution in [2.24, 2.45) is 5.73 Å². The minimum atomic E-state index is 0.103. The van der Waals surface area contributed by atoms with Crippen LogP contribution in [0.4, 0.5) is 0 Å². The van der Waals surface area contributed by atoms with E-state index in [-0.39, 0.29) is 5.41 Å². The molecule has 0 bridgehead atoms. The van der Waals surface area contributed by atoms with Crippen LogP contribution in [0.2, 0.25) is 0 Å². The van der Waals surface area contributed by atoms with Gasteiger partial charge in [0.25, 0.3) is 0 Å². The molecule has 1 aliphatic carbocycles. The highest BCUT2D eigenvalue weighted by molar-refractivity contribution is 7.99. The van der Waals surface area contributed by atoms with Crippen LogP contribution in [-0.2, 0) is 5.41 Å². The first-order valence-corrected chi connectivity index (χ1v) is 9.06. The highest BCUT2D eigenvalue weighted by atomic mass is 32.2. The summed E-state index contributed by atoms with van der Waals surface area (Å²) in [5, 5.41) is 0. The first kappa shape index (κ1) is 15.0. The highest BCUT2D eigenvalue weighted by Gasteiger charge is 2.40. The lowest BCUT2D eigenvalue weighted by molar-refractivity contribution is 0.183. The quantitative estimate of drug-likeness (QED) is 0.906. The monoisotopic (exact) mass is 307 g/mol. The first-order chi connectivity index (χ1) is 10.3. The summed E-state index contributed by atoms with van der Waals surface area (Å²) in [6, 6.07) is 6.24. The zero-order valence-corrected chi connectivity index (χ0v) is 13.6. The van der Waals surface area contributed by atoms with Crippen LogP contribution in [-0.4, -0.2) is 31.3 Å².